The zero-order valence-electron chi connectivity index (χ0n) is 25.6. The Morgan fingerprint density at radius 1 is 0.600 bits per heavy atom. The first-order valence-electron chi connectivity index (χ1n) is 16.2. The van der Waals surface area contributed by atoms with Crippen LogP contribution in [0.4, 0.5) is 0 Å². The molecule has 0 aliphatic rings. The fraction of sp³-hybridized carbons (Fsp3) is 0.611. The summed E-state index contributed by atoms with van der Waals surface area (Å²) >= 11 is 0. The third-order valence-electron chi connectivity index (χ3n) is 7.53. The van der Waals surface area contributed by atoms with Crippen molar-refractivity contribution in [2.75, 3.05) is 0 Å². The summed E-state index contributed by atoms with van der Waals surface area (Å²) in [4.78, 5) is 24.5. The van der Waals surface area contributed by atoms with E-state index in [1.54, 1.807) is 12.1 Å². The maximum absolute atomic E-state index is 12.3. The maximum atomic E-state index is 12.3. The van der Waals surface area contributed by atoms with Crippen molar-refractivity contribution in [1.29, 1.82) is 0 Å². The number of hydrogen-bond donors (Lipinski definition) is 0. The first-order chi connectivity index (χ1) is 19.5. The summed E-state index contributed by atoms with van der Waals surface area (Å²) < 4.78 is 11.0. The minimum Gasteiger partial charge on any atom is -0.459 e. The van der Waals surface area contributed by atoms with E-state index in [4.69, 9.17) is 9.47 Å². The van der Waals surface area contributed by atoms with Crippen molar-refractivity contribution in [3.63, 3.8) is 0 Å². The highest BCUT2D eigenvalue weighted by Gasteiger charge is 2.12. The summed E-state index contributed by atoms with van der Waals surface area (Å²) in [5, 5.41) is 0. The van der Waals surface area contributed by atoms with Gasteiger partial charge in [-0.2, -0.15) is 0 Å². The largest absolute Gasteiger partial charge is 0.459 e. The third-order valence-corrected chi connectivity index (χ3v) is 7.53. The molecule has 1 unspecified atom stereocenters. The lowest BCUT2D eigenvalue weighted by molar-refractivity contribution is -0.134. The molecule has 4 nitrogen and oxygen atoms in total. The Morgan fingerprint density at radius 3 is 1.52 bits per heavy atom. The van der Waals surface area contributed by atoms with Crippen molar-refractivity contribution in [2.45, 2.75) is 142 Å². The van der Waals surface area contributed by atoms with Gasteiger partial charge in [-0.25, -0.2) is 4.79 Å². The zero-order valence-corrected chi connectivity index (χ0v) is 25.6. The Balaban J connectivity index is 1.54. The first kappa shape index (κ1) is 33.6. The van der Waals surface area contributed by atoms with Gasteiger partial charge < -0.3 is 9.47 Å². The van der Waals surface area contributed by atoms with Gasteiger partial charge in [-0.3, -0.25) is 4.79 Å². The molecule has 0 heterocycles. The van der Waals surface area contributed by atoms with Crippen LogP contribution in [0.1, 0.15) is 147 Å². The van der Waals surface area contributed by atoms with E-state index in [1.807, 2.05) is 43.3 Å². The molecule has 40 heavy (non-hydrogen) atoms. The van der Waals surface area contributed by atoms with Crippen molar-refractivity contribution in [2.24, 2.45) is 0 Å². The highest BCUT2D eigenvalue weighted by molar-refractivity contribution is 5.90. The Kier molecular flexibility index (Phi) is 17.8. The molecule has 0 spiro atoms. The normalized spacial score (nSPS) is 11.8. The quantitative estimate of drug-likeness (QED) is 0.0831. The standard InChI is InChI=1S/C36H54O4/c1-4-6-7-8-9-10-11-12-13-14-15-16-17-18-19-21-35(37)40-34-28-26-32(27-29-34)31-22-24-33(25-23-31)36(38)39-30(3)20-5-2/h22-30H,4-21H2,1-3H3. The van der Waals surface area contributed by atoms with Crippen LogP contribution in [-0.4, -0.2) is 18.0 Å². The number of unbranched alkanes of at least 4 members (excludes halogenated alkanes) is 14. The lowest BCUT2D eigenvalue weighted by atomic mass is 10.0. The van der Waals surface area contributed by atoms with Crippen LogP contribution in [0, 0.1) is 0 Å². The summed E-state index contributed by atoms with van der Waals surface area (Å²) in [6.45, 7) is 6.27. The summed E-state index contributed by atoms with van der Waals surface area (Å²) in [5.41, 5.74) is 2.55. The summed E-state index contributed by atoms with van der Waals surface area (Å²) in [6, 6.07) is 14.9. The second-order valence-corrected chi connectivity index (χ2v) is 11.3. The molecule has 0 fully saturated rings. The molecule has 2 rings (SSSR count). The first-order valence-corrected chi connectivity index (χ1v) is 16.2. The number of hydrogen-bond acceptors (Lipinski definition) is 4. The molecular weight excluding hydrogens is 496 g/mol. The third kappa shape index (κ3) is 14.7. The van der Waals surface area contributed by atoms with E-state index in [0.717, 1.165) is 36.8 Å². The Bertz CT molecular complexity index is 932. The van der Waals surface area contributed by atoms with Gasteiger partial charge in [0.2, 0.25) is 0 Å². The van der Waals surface area contributed by atoms with Crippen molar-refractivity contribution < 1.29 is 19.1 Å². The molecule has 4 heteroatoms. The smallest absolute Gasteiger partial charge is 0.338 e. The van der Waals surface area contributed by atoms with Crippen LogP contribution in [0.15, 0.2) is 48.5 Å². The SMILES string of the molecule is CCCCCCCCCCCCCCCCCC(=O)Oc1ccc(-c2ccc(C(=O)OC(C)CCC)cc2)cc1. The minimum atomic E-state index is -0.288. The van der Waals surface area contributed by atoms with Gasteiger partial charge in [-0.05, 0) is 55.2 Å². The van der Waals surface area contributed by atoms with Gasteiger partial charge in [0, 0.05) is 6.42 Å². The highest BCUT2D eigenvalue weighted by Crippen LogP contribution is 2.24. The van der Waals surface area contributed by atoms with Crippen LogP contribution in [-0.2, 0) is 9.53 Å². The molecule has 0 amide bonds. The number of benzene rings is 2. The highest BCUT2D eigenvalue weighted by atomic mass is 16.5. The predicted octanol–water partition coefficient (Wildman–Crippen LogP) is 10.9. The van der Waals surface area contributed by atoms with Crippen LogP contribution < -0.4 is 4.74 Å². The lowest BCUT2D eigenvalue weighted by Crippen LogP contribution is -2.14. The fourth-order valence-corrected chi connectivity index (χ4v) is 5.05. The molecule has 0 aliphatic heterocycles. The van der Waals surface area contributed by atoms with Crippen molar-refractivity contribution >= 4 is 11.9 Å². The summed E-state index contributed by atoms with van der Waals surface area (Å²) in [6.07, 6.45) is 21.9. The van der Waals surface area contributed by atoms with Gasteiger partial charge in [-0.1, -0.05) is 134 Å². The van der Waals surface area contributed by atoms with Gasteiger partial charge in [-0.15, -0.1) is 0 Å². The van der Waals surface area contributed by atoms with E-state index in [0.29, 0.717) is 17.7 Å². The molecular formula is C36H54O4. The maximum Gasteiger partial charge on any atom is 0.338 e. The van der Waals surface area contributed by atoms with Gasteiger partial charge >= 0.3 is 11.9 Å². The van der Waals surface area contributed by atoms with Gasteiger partial charge in [0.15, 0.2) is 0 Å². The van der Waals surface area contributed by atoms with Crippen LogP contribution >= 0.6 is 0 Å². The Labute approximate surface area is 244 Å². The number of esters is 2. The van der Waals surface area contributed by atoms with Crippen LogP contribution in [0.5, 0.6) is 5.75 Å². The molecule has 0 aliphatic carbocycles. The van der Waals surface area contributed by atoms with E-state index >= 15 is 0 Å². The van der Waals surface area contributed by atoms with E-state index in [-0.39, 0.29) is 18.0 Å². The second-order valence-electron chi connectivity index (χ2n) is 11.3. The van der Waals surface area contributed by atoms with E-state index in [2.05, 4.69) is 13.8 Å². The molecule has 222 valence electrons. The van der Waals surface area contributed by atoms with Gasteiger partial charge in [0.05, 0.1) is 11.7 Å². The molecule has 1 atom stereocenters. The number of carbonyl (C=O) groups is 2. The van der Waals surface area contributed by atoms with Gasteiger partial charge in [0.1, 0.15) is 5.75 Å². The average molecular weight is 551 g/mol. The average Bonchev–Trinajstić information content (AvgIpc) is 2.95. The molecule has 0 saturated carbocycles. The summed E-state index contributed by atoms with van der Waals surface area (Å²) in [5.74, 6) is 0.117. The van der Waals surface area contributed by atoms with Crippen molar-refractivity contribution in [3.05, 3.63) is 54.1 Å². The predicted molar refractivity (Wildman–Crippen MR) is 167 cm³/mol. The van der Waals surface area contributed by atoms with Crippen molar-refractivity contribution in [3.8, 4) is 16.9 Å². The van der Waals surface area contributed by atoms with E-state index in [1.165, 1.54) is 83.5 Å². The lowest BCUT2D eigenvalue weighted by Gasteiger charge is -2.12. The molecule has 0 N–H and O–H groups in total. The molecule has 0 radical (unpaired) electrons. The minimum absolute atomic E-state index is 0.0772. The number of carbonyl (C=O) groups excluding carboxylic acids is 2. The number of rotatable bonds is 22. The molecule has 0 saturated heterocycles. The molecule has 0 bridgehead atoms. The zero-order chi connectivity index (χ0) is 28.8. The molecule has 2 aromatic carbocycles. The van der Waals surface area contributed by atoms with Crippen LogP contribution in [0.3, 0.4) is 0 Å². The molecule has 0 aromatic heterocycles. The fourth-order valence-electron chi connectivity index (χ4n) is 5.05. The molecule has 2 aromatic rings. The monoisotopic (exact) mass is 550 g/mol. The summed E-state index contributed by atoms with van der Waals surface area (Å²) in [7, 11) is 0. The number of ether oxygens (including phenoxy) is 2. The van der Waals surface area contributed by atoms with E-state index < -0.39 is 0 Å². The topological polar surface area (TPSA) is 52.6 Å². The Hall–Kier alpha value is -2.62. The Morgan fingerprint density at radius 2 is 1.05 bits per heavy atom. The van der Waals surface area contributed by atoms with E-state index in [9.17, 15) is 9.59 Å². The van der Waals surface area contributed by atoms with Crippen LogP contribution in [0.25, 0.3) is 11.1 Å². The van der Waals surface area contributed by atoms with Crippen molar-refractivity contribution in [1.82, 2.24) is 0 Å². The van der Waals surface area contributed by atoms with Gasteiger partial charge in [0.25, 0.3) is 0 Å². The van der Waals surface area contributed by atoms with Crippen LogP contribution in [0.2, 0.25) is 0 Å². The second kappa shape index (κ2) is 21.2.